The van der Waals surface area contributed by atoms with Gasteiger partial charge in [0.1, 0.15) is 5.01 Å². The van der Waals surface area contributed by atoms with E-state index in [0.29, 0.717) is 25.9 Å². The number of benzene rings is 1. The zero-order valence-electron chi connectivity index (χ0n) is 13.9. The Balaban J connectivity index is 1.50. The van der Waals surface area contributed by atoms with Crippen molar-refractivity contribution >= 4 is 23.2 Å². The van der Waals surface area contributed by atoms with Gasteiger partial charge in [0.15, 0.2) is 0 Å². The zero-order valence-corrected chi connectivity index (χ0v) is 14.7. The first-order valence-electron chi connectivity index (χ1n) is 8.06. The van der Waals surface area contributed by atoms with Gasteiger partial charge in [0.05, 0.1) is 11.6 Å². The summed E-state index contributed by atoms with van der Waals surface area (Å²) in [5.41, 5.74) is 3.33. The van der Waals surface area contributed by atoms with Crippen LogP contribution < -0.4 is 5.32 Å². The first kappa shape index (κ1) is 16.6. The normalized spacial score (nSPS) is 17.3. The summed E-state index contributed by atoms with van der Waals surface area (Å²) in [6.07, 6.45) is 1.02. The summed E-state index contributed by atoms with van der Waals surface area (Å²) in [7, 11) is 1.73. The van der Waals surface area contributed by atoms with Gasteiger partial charge >= 0.3 is 0 Å². The standard InChI is InChI=1S/C18H21N3O2S/c1-12-3-5-13(6-4-12)18-20-15(11-24-18)7-8-19-17(23)14-9-16(22)21(2)10-14/h3-6,11,14H,7-10H2,1-2H3,(H,19,23)/t14-/m1/s1. The summed E-state index contributed by atoms with van der Waals surface area (Å²) < 4.78 is 0. The number of carbonyl (C=O) groups excluding carboxylic acids is 2. The highest BCUT2D eigenvalue weighted by atomic mass is 32.1. The monoisotopic (exact) mass is 343 g/mol. The molecule has 1 aliphatic rings. The van der Waals surface area contributed by atoms with E-state index in [2.05, 4.69) is 41.5 Å². The zero-order chi connectivity index (χ0) is 17.1. The Bertz CT molecular complexity index is 739. The number of likely N-dealkylation sites (tertiary alicyclic amines) is 1. The molecule has 0 aliphatic carbocycles. The van der Waals surface area contributed by atoms with Crippen LogP contribution in [0.15, 0.2) is 29.6 Å². The lowest BCUT2D eigenvalue weighted by Gasteiger charge is -2.10. The third kappa shape index (κ3) is 3.82. The fourth-order valence-electron chi connectivity index (χ4n) is 2.75. The number of hydrogen-bond donors (Lipinski definition) is 1. The van der Waals surface area contributed by atoms with E-state index < -0.39 is 0 Å². The summed E-state index contributed by atoms with van der Waals surface area (Å²) in [6.45, 7) is 3.12. The molecule has 0 bridgehead atoms. The Morgan fingerprint density at radius 1 is 1.38 bits per heavy atom. The molecule has 24 heavy (non-hydrogen) atoms. The summed E-state index contributed by atoms with van der Waals surface area (Å²) in [4.78, 5) is 29.8. The molecule has 3 rings (SSSR count). The van der Waals surface area contributed by atoms with E-state index in [0.717, 1.165) is 16.3 Å². The average Bonchev–Trinajstić information content (AvgIpc) is 3.16. The number of aromatic nitrogens is 1. The average molecular weight is 343 g/mol. The maximum atomic E-state index is 12.1. The highest BCUT2D eigenvalue weighted by Crippen LogP contribution is 2.24. The van der Waals surface area contributed by atoms with Crippen molar-refractivity contribution in [2.45, 2.75) is 19.8 Å². The first-order valence-corrected chi connectivity index (χ1v) is 8.94. The third-order valence-corrected chi connectivity index (χ3v) is 5.18. The molecule has 1 aromatic carbocycles. The summed E-state index contributed by atoms with van der Waals surface area (Å²) >= 11 is 1.62. The number of thiazole rings is 1. The summed E-state index contributed by atoms with van der Waals surface area (Å²) in [6, 6.07) is 8.31. The molecule has 1 N–H and O–H groups in total. The topological polar surface area (TPSA) is 62.3 Å². The molecule has 2 heterocycles. The second kappa shape index (κ2) is 7.13. The maximum absolute atomic E-state index is 12.1. The van der Waals surface area contributed by atoms with Crippen LogP contribution in [0.4, 0.5) is 0 Å². The lowest BCUT2D eigenvalue weighted by atomic mass is 10.1. The van der Waals surface area contributed by atoms with Gasteiger partial charge in [-0.3, -0.25) is 9.59 Å². The van der Waals surface area contributed by atoms with Crippen molar-refractivity contribution in [2.24, 2.45) is 5.92 Å². The fraction of sp³-hybridized carbons (Fsp3) is 0.389. The fourth-order valence-corrected chi connectivity index (χ4v) is 3.61. The van der Waals surface area contributed by atoms with Crippen LogP contribution in [0.2, 0.25) is 0 Å². The lowest BCUT2D eigenvalue weighted by molar-refractivity contribution is -0.128. The van der Waals surface area contributed by atoms with E-state index in [1.165, 1.54) is 5.56 Å². The van der Waals surface area contributed by atoms with Crippen molar-refractivity contribution in [1.29, 1.82) is 0 Å². The van der Waals surface area contributed by atoms with E-state index in [1.807, 2.05) is 5.38 Å². The Morgan fingerprint density at radius 2 is 2.12 bits per heavy atom. The number of nitrogens with one attached hydrogen (secondary N) is 1. The minimum absolute atomic E-state index is 0.0393. The van der Waals surface area contributed by atoms with Gasteiger partial charge in [-0.1, -0.05) is 29.8 Å². The summed E-state index contributed by atoms with van der Waals surface area (Å²) in [5.74, 6) is -0.222. The Kier molecular flexibility index (Phi) is 4.94. The molecule has 126 valence electrons. The van der Waals surface area contributed by atoms with E-state index >= 15 is 0 Å². The molecule has 1 fully saturated rings. The second-order valence-corrected chi connectivity index (χ2v) is 7.08. The van der Waals surface area contributed by atoms with Crippen LogP contribution in [0.3, 0.4) is 0 Å². The molecule has 0 unspecified atom stereocenters. The molecule has 0 saturated carbocycles. The van der Waals surface area contributed by atoms with Crippen LogP contribution in [0.25, 0.3) is 10.6 Å². The van der Waals surface area contributed by atoms with Gasteiger partial charge in [0.25, 0.3) is 0 Å². The molecule has 2 aromatic rings. The summed E-state index contributed by atoms with van der Waals surface area (Å²) in [5, 5.41) is 5.95. The number of hydrogen-bond acceptors (Lipinski definition) is 4. The molecule has 0 radical (unpaired) electrons. The number of carbonyl (C=O) groups is 2. The molecule has 5 nitrogen and oxygen atoms in total. The lowest BCUT2D eigenvalue weighted by Crippen LogP contribution is -2.33. The Morgan fingerprint density at radius 3 is 2.79 bits per heavy atom. The maximum Gasteiger partial charge on any atom is 0.225 e. The van der Waals surface area contributed by atoms with Gasteiger partial charge in [-0.2, -0.15) is 0 Å². The van der Waals surface area contributed by atoms with Gasteiger partial charge in [-0.05, 0) is 6.92 Å². The van der Waals surface area contributed by atoms with Crippen LogP contribution in [0.1, 0.15) is 17.7 Å². The molecular weight excluding hydrogens is 322 g/mol. The Labute approximate surface area is 145 Å². The van der Waals surface area contributed by atoms with E-state index in [9.17, 15) is 9.59 Å². The van der Waals surface area contributed by atoms with Gasteiger partial charge in [-0.25, -0.2) is 4.98 Å². The number of amides is 2. The Hall–Kier alpha value is -2.21. The molecule has 1 atom stereocenters. The minimum atomic E-state index is -0.221. The minimum Gasteiger partial charge on any atom is -0.355 e. The van der Waals surface area contributed by atoms with Gasteiger partial charge in [0, 0.05) is 43.9 Å². The van der Waals surface area contributed by atoms with E-state index in [-0.39, 0.29) is 17.7 Å². The van der Waals surface area contributed by atoms with Gasteiger partial charge in [0.2, 0.25) is 11.8 Å². The van der Waals surface area contributed by atoms with Crippen molar-refractivity contribution in [3.8, 4) is 10.6 Å². The number of rotatable bonds is 5. The molecule has 0 spiro atoms. The largest absolute Gasteiger partial charge is 0.355 e. The smallest absolute Gasteiger partial charge is 0.225 e. The van der Waals surface area contributed by atoms with Crippen LogP contribution in [0.5, 0.6) is 0 Å². The van der Waals surface area contributed by atoms with E-state index in [4.69, 9.17) is 0 Å². The van der Waals surface area contributed by atoms with Crippen LogP contribution in [0, 0.1) is 12.8 Å². The molecular formula is C18H21N3O2S. The molecule has 6 heteroatoms. The van der Waals surface area contributed by atoms with Crippen molar-refractivity contribution in [3.63, 3.8) is 0 Å². The predicted octanol–water partition coefficient (Wildman–Crippen LogP) is 2.26. The van der Waals surface area contributed by atoms with Crippen LogP contribution in [-0.4, -0.2) is 41.8 Å². The van der Waals surface area contributed by atoms with Crippen LogP contribution in [-0.2, 0) is 16.0 Å². The molecule has 1 saturated heterocycles. The second-order valence-electron chi connectivity index (χ2n) is 6.23. The number of aryl methyl sites for hydroxylation is 1. The van der Waals surface area contributed by atoms with Crippen LogP contribution >= 0.6 is 11.3 Å². The highest BCUT2D eigenvalue weighted by Gasteiger charge is 2.31. The highest BCUT2D eigenvalue weighted by molar-refractivity contribution is 7.13. The van der Waals surface area contributed by atoms with Crippen molar-refractivity contribution in [1.82, 2.24) is 15.2 Å². The van der Waals surface area contributed by atoms with Gasteiger partial charge < -0.3 is 10.2 Å². The molecule has 2 amide bonds. The van der Waals surface area contributed by atoms with Crippen molar-refractivity contribution in [2.75, 3.05) is 20.1 Å². The molecule has 1 aromatic heterocycles. The quantitative estimate of drug-likeness (QED) is 0.906. The van der Waals surface area contributed by atoms with Crippen molar-refractivity contribution in [3.05, 3.63) is 40.9 Å². The predicted molar refractivity (Wildman–Crippen MR) is 94.7 cm³/mol. The van der Waals surface area contributed by atoms with E-state index in [1.54, 1.807) is 23.3 Å². The number of nitrogens with zero attached hydrogens (tertiary/aromatic N) is 2. The first-order chi connectivity index (χ1) is 11.5. The van der Waals surface area contributed by atoms with Crippen molar-refractivity contribution < 1.29 is 9.59 Å². The van der Waals surface area contributed by atoms with Gasteiger partial charge in [-0.15, -0.1) is 11.3 Å². The molecule has 1 aliphatic heterocycles. The third-order valence-electron chi connectivity index (χ3n) is 4.24. The SMILES string of the molecule is Cc1ccc(-c2nc(CCNC(=O)[C@@H]3CC(=O)N(C)C3)cs2)cc1.